The highest BCUT2D eigenvalue weighted by Gasteiger charge is 2.20. The largest absolute Gasteiger partial charge is 0.483 e. The van der Waals surface area contributed by atoms with Gasteiger partial charge in [-0.05, 0) is 47.5 Å². The molecule has 8 nitrogen and oxygen atoms in total. The standard InChI is InChI=1S/C28H22N4O4/c33-27(31-35)21-9-7-20(8-10-21)18-36-26-25(22-4-3-13-30-16-22)23-5-1-2-6-24(23)32(28(26)34)17-19-11-14-29-15-12-19/h1-16,35H,17-18H2,(H,31,33). The van der Waals surface area contributed by atoms with Crippen LogP contribution < -0.4 is 15.8 Å². The lowest BCUT2D eigenvalue weighted by Gasteiger charge is -2.18. The molecule has 0 bridgehead atoms. The van der Waals surface area contributed by atoms with Crippen LogP contribution in [0.25, 0.3) is 22.0 Å². The first-order valence-corrected chi connectivity index (χ1v) is 11.3. The molecule has 0 saturated carbocycles. The number of nitrogens with one attached hydrogen (secondary N) is 1. The second kappa shape index (κ2) is 10.2. The van der Waals surface area contributed by atoms with E-state index in [1.165, 1.54) is 0 Å². The van der Waals surface area contributed by atoms with E-state index in [1.807, 2.05) is 48.5 Å². The summed E-state index contributed by atoms with van der Waals surface area (Å²) in [5, 5.41) is 9.69. The molecule has 0 fully saturated rings. The van der Waals surface area contributed by atoms with Crippen LogP contribution in [0.3, 0.4) is 0 Å². The molecule has 0 aliphatic carbocycles. The van der Waals surface area contributed by atoms with E-state index >= 15 is 0 Å². The van der Waals surface area contributed by atoms with E-state index in [0.29, 0.717) is 17.7 Å². The van der Waals surface area contributed by atoms with Crippen LogP contribution in [0.1, 0.15) is 21.5 Å². The Kier molecular flexibility index (Phi) is 6.51. The number of pyridine rings is 3. The third-order valence-electron chi connectivity index (χ3n) is 5.87. The van der Waals surface area contributed by atoms with Gasteiger partial charge >= 0.3 is 0 Å². The first kappa shape index (κ1) is 22.9. The Morgan fingerprint density at radius 3 is 2.39 bits per heavy atom. The molecular formula is C28H22N4O4. The minimum Gasteiger partial charge on any atom is -0.483 e. The lowest BCUT2D eigenvalue weighted by Crippen LogP contribution is -2.24. The normalized spacial score (nSPS) is 10.8. The van der Waals surface area contributed by atoms with E-state index < -0.39 is 5.91 Å². The van der Waals surface area contributed by atoms with Gasteiger partial charge in [0.05, 0.1) is 12.1 Å². The molecule has 0 aliphatic rings. The lowest BCUT2D eigenvalue weighted by atomic mass is 10.0. The van der Waals surface area contributed by atoms with E-state index in [2.05, 4.69) is 9.97 Å². The fraction of sp³-hybridized carbons (Fsp3) is 0.0714. The first-order valence-electron chi connectivity index (χ1n) is 11.3. The molecule has 0 atom stereocenters. The van der Waals surface area contributed by atoms with Crippen LogP contribution in [0.4, 0.5) is 0 Å². The Morgan fingerprint density at radius 2 is 1.67 bits per heavy atom. The highest BCUT2D eigenvalue weighted by atomic mass is 16.5. The summed E-state index contributed by atoms with van der Waals surface area (Å²) in [4.78, 5) is 33.8. The number of carbonyl (C=O) groups excluding carboxylic acids is 1. The van der Waals surface area contributed by atoms with Crippen LogP contribution in [-0.4, -0.2) is 25.6 Å². The summed E-state index contributed by atoms with van der Waals surface area (Å²) < 4.78 is 7.90. The van der Waals surface area contributed by atoms with Gasteiger partial charge in [0.15, 0.2) is 5.75 Å². The van der Waals surface area contributed by atoms with Crippen molar-refractivity contribution in [1.82, 2.24) is 20.0 Å². The quantitative estimate of drug-likeness (QED) is 0.268. The molecule has 0 radical (unpaired) electrons. The second-order valence-electron chi connectivity index (χ2n) is 8.14. The number of benzene rings is 2. The number of ether oxygens (including phenoxy) is 1. The molecule has 0 aliphatic heterocycles. The molecule has 3 aromatic heterocycles. The number of fused-ring (bicyclic) bond motifs is 1. The third kappa shape index (κ3) is 4.57. The van der Waals surface area contributed by atoms with E-state index in [4.69, 9.17) is 9.94 Å². The average molecular weight is 479 g/mol. The number of carbonyl (C=O) groups is 1. The van der Waals surface area contributed by atoms with Crippen LogP contribution in [-0.2, 0) is 13.2 Å². The van der Waals surface area contributed by atoms with E-state index in [-0.39, 0.29) is 17.9 Å². The summed E-state index contributed by atoms with van der Waals surface area (Å²) in [5.41, 5.74) is 5.58. The van der Waals surface area contributed by atoms with Gasteiger partial charge < -0.3 is 9.30 Å². The van der Waals surface area contributed by atoms with Crippen molar-refractivity contribution in [2.45, 2.75) is 13.2 Å². The molecule has 1 amide bonds. The maximum absolute atomic E-state index is 13.9. The molecular weight excluding hydrogens is 456 g/mol. The van der Waals surface area contributed by atoms with Gasteiger partial charge in [-0.1, -0.05) is 36.4 Å². The minimum absolute atomic E-state index is 0.108. The Balaban J connectivity index is 1.63. The summed E-state index contributed by atoms with van der Waals surface area (Å²) in [6.45, 7) is 0.466. The van der Waals surface area contributed by atoms with Gasteiger partial charge in [-0.3, -0.25) is 24.8 Å². The van der Waals surface area contributed by atoms with Crippen LogP contribution >= 0.6 is 0 Å². The minimum atomic E-state index is -0.602. The van der Waals surface area contributed by atoms with Crippen LogP contribution in [0.5, 0.6) is 5.75 Å². The maximum Gasteiger partial charge on any atom is 0.294 e. The van der Waals surface area contributed by atoms with Gasteiger partial charge in [0.1, 0.15) is 6.61 Å². The van der Waals surface area contributed by atoms with E-state index in [1.54, 1.807) is 59.1 Å². The van der Waals surface area contributed by atoms with Crippen molar-refractivity contribution < 1.29 is 14.7 Å². The smallest absolute Gasteiger partial charge is 0.294 e. The molecule has 5 rings (SSSR count). The van der Waals surface area contributed by atoms with Gasteiger partial charge in [-0.25, -0.2) is 5.48 Å². The summed E-state index contributed by atoms with van der Waals surface area (Å²) in [6, 6.07) is 21.8. The zero-order valence-electron chi connectivity index (χ0n) is 19.2. The zero-order valence-corrected chi connectivity index (χ0v) is 19.2. The molecule has 0 spiro atoms. The van der Waals surface area contributed by atoms with Crippen LogP contribution in [0.15, 0.2) is 102 Å². The number of rotatable bonds is 7. The number of amides is 1. The van der Waals surface area contributed by atoms with Crippen molar-refractivity contribution in [3.63, 3.8) is 0 Å². The summed E-state index contributed by atoms with van der Waals surface area (Å²) in [7, 11) is 0. The van der Waals surface area contributed by atoms with Gasteiger partial charge in [-0.2, -0.15) is 0 Å². The monoisotopic (exact) mass is 478 g/mol. The second-order valence-corrected chi connectivity index (χ2v) is 8.14. The molecule has 5 aromatic rings. The SMILES string of the molecule is O=C(NO)c1ccc(COc2c(-c3cccnc3)c3ccccc3n(Cc3ccncc3)c2=O)cc1. The maximum atomic E-state index is 13.9. The van der Waals surface area contributed by atoms with Crippen LogP contribution in [0.2, 0.25) is 0 Å². The Labute approximate surface area is 206 Å². The summed E-state index contributed by atoms with van der Waals surface area (Å²) in [6.07, 6.45) is 6.79. The Hall–Kier alpha value is -4.82. The molecule has 2 aromatic carbocycles. The van der Waals surface area contributed by atoms with Crippen molar-refractivity contribution >= 4 is 16.8 Å². The van der Waals surface area contributed by atoms with Gasteiger partial charge in [-0.15, -0.1) is 0 Å². The predicted octanol–water partition coefficient (Wildman–Crippen LogP) is 4.20. The first-order chi connectivity index (χ1) is 17.7. The molecule has 2 N–H and O–H groups in total. The molecule has 0 unspecified atom stereocenters. The number of aromatic nitrogens is 3. The lowest BCUT2D eigenvalue weighted by molar-refractivity contribution is 0.0706. The van der Waals surface area contributed by atoms with Crippen molar-refractivity contribution in [3.8, 4) is 16.9 Å². The summed E-state index contributed by atoms with van der Waals surface area (Å²) >= 11 is 0. The fourth-order valence-electron chi connectivity index (χ4n) is 4.11. The average Bonchev–Trinajstić information content (AvgIpc) is 2.94. The Morgan fingerprint density at radius 1 is 0.889 bits per heavy atom. The van der Waals surface area contributed by atoms with Crippen molar-refractivity contribution in [2.24, 2.45) is 0 Å². The fourth-order valence-corrected chi connectivity index (χ4v) is 4.11. The topological polar surface area (TPSA) is 106 Å². The number of hydrogen-bond acceptors (Lipinski definition) is 6. The molecule has 8 heteroatoms. The number of hydrogen-bond donors (Lipinski definition) is 2. The van der Waals surface area contributed by atoms with E-state index in [9.17, 15) is 9.59 Å². The Bertz CT molecular complexity index is 1570. The van der Waals surface area contributed by atoms with Gasteiger partial charge in [0, 0.05) is 46.9 Å². The molecule has 3 heterocycles. The highest BCUT2D eigenvalue weighted by Crippen LogP contribution is 2.35. The van der Waals surface area contributed by atoms with Crippen molar-refractivity contribution in [3.05, 3.63) is 125 Å². The molecule has 178 valence electrons. The van der Waals surface area contributed by atoms with Crippen molar-refractivity contribution in [2.75, 3.05) is 0 Å². The molecule has 0 saturated heterocycles. The number of nitrogens with zero attached hydrogens (tertiary/aromatic N) is 3. The van der Waals surface area contributed by atoms with Crippen molar-refractivity contribution in [1.29, 1.82) is 0 Å². The number of hydroxylamine groups is 1. The highest BCUT2D eigenvalue weighted by molar-refractivity contribution is 5.97. The predicted molar refractivity (Wildman–Crippen MR) is 135 cm³/mol. The summed E-state index contributed by atoms with van der Waals surface area (Å²) in [5.74, 6) is -0.386. The molecule has 36 heavy (non-hydrogen) atoms. The zero-order chi connectivity index (χ0) is 24.9. The van der Waals surface area contributed by atoms with Crippen LogP contribution in [0, 0.1) is 0 Å². The van der Waals surface area contributed by atoms with Gasteiger partial charge in [0.25, 0.3) is 11.5 Å². The van der Waals surface area contributed by atoms with E-state index in [0.717, 1.165) is 27.6 Å². The number of para-hydroxylation sites is 1. The third-order valence-corrected chi connectivity index (χ3v) is 5.87. The van der Waals surface area contributed by atoms with Gasteiger partial charge in [0.2, 0.25) is 0 Å².